The van der Waals surface area contributed by atoms with Crippen molar-refractivity contribution in [3.63, 3.8) is 0 Å². The second-order valence-corrected chi connectivity index (χ2v) is 7.86. The van der Waals surface area contributed by atoms with Crippen LogP contribution in [0.5, 0.6) is 0 Å². The van der Waals surface area contributed by atoms with E-state index < -0.39 is 0 Å². The molecule has 1 saturated heterocycles. The lowest BCUT2D eigenvalue weighted by molar-refractivity contribution is 0.0981. The molecule has 0 bridgehead atoms. The molecule has 0 atom stereocenters. The van der Waals surface area contributed by atoms with E-state index in [4.69, 9.17) is 28.9 Å². The zero-order valence-corrected chi connectivity index (χ0v) is 17.4. The smallest absolute Gasteiger partial charge is 0.199 e. The average Bonchev–Trinajstić information content (AvgIpc) is 3.00. The molecule has 1 fully saturated rings. The lowest BCUT2D eigenvalue weighted by Crippen LogP contribution is -2.46. The van der Waals surface area contributed by atoms with Crippen molar-refractivity contribution in [2.75, 3.05) is 26.2 Å². The first kappa shape index (κ1) is 19.3. The molecule has 6 nitrogen and oxygen atoms in total. The predicted molar refractivity (Wildman–Crippen MR) is 114 cm³/mol. The van der Waals surface area contributed by atoms with Gasteiger partial charge in [0.15, 0.2) is 10.6 Å². The molecule has 0 saturated carbocycles. The maximum atomic E-state index is 5.97. The van der Waals surface area contributed by atoms with Gasteiger partial charge in [-0.2, -0.15) is 5.10 Å². The Balaban J connectivity index is 1.37. The monoisotopic (exact) mass is 414 g/mol. The van der Waals surface area contributed by atoms with Crippen molar-refractivity contribution >= 4 is 23.8 Å². The summed E-state index contributed by atoms with van der Waals surface area (Å²) in [6.45, 7) is 5.72. The fourth-order valence-corrected chi connectivity index (χ4v) is 3.77. The Kier molecular flexibility index (Phi) is 5.87. The highest BCUT2D eigenvalue weighted by Crippen LogP contribution is 2.17. The van der Waals surface area contributed by atoms with Gasteiger partial charge in [-0.25, -0.2) is 4.68 Å². The quantitative estimate of drug-likeness (QED) is 0.598. The summed E-state index contributed by atoms with van der Waals surface area (Å²) in [4.78, 5) is 8.95. The third kappa shape index (κ3) is 4.33. The van der Waals surface area contributed by atoms with E-state index in [1.165, 1.54) is 5.56 Å². The van der Waals surface area contributed by atoms with Gasteiger partial charge in [0, 0.05) is 62.8 Å². The Bertz CT molecular complexity index is 974. The molecular formula is C20H23ClN6S. The molecule has 8 heteroatoms. The number of nitrogens with zero attached hydrogens (tertiary/aromatic N) is 6. The number of hydrogen-bond donors (Lipinski definition) is 0. The summed E-state index contributed by atoms with van der Waals surface area (Å²) in [5.74, 6) is 0.869. The van der Waals surface area contributed by atoms with Crippen molar-refractivity contribution in [1.29, 1.82) is 0 Å². The van der Waals surface area contributed by atoms with Crippen LogP contribution in [0.3, 0.4) is 0 Å². The molecule has 0 radical (unpaired) electrons. The second kappa shape index (κ2) is 8.53. The molecule has 3 aromatic rings. The fourth-order valence-electron chi connectivity index (χ4n) is 3.46. The van der Waals surface area contributed by atoms with Gasteiger partial charge >= 0.3 is 0 Å². The topological polar surface area (TPSA) is 42.1 Å². The van der Waals surface area contributed by atoms with Crippen LogP contribution >= 0.6 is 23.8 Å². The first-order valence-electron chi connectivity index (χ1n) is 9.33. The van der Waals surface area contributed by atoms with Crippen LogP contribution in [-0.2, 0) is 20.3 Å². The van der Waals surface area contributed by atoms with E-state index in [0.29, 0.717) is 6.67 Å². The third-order valence-corrected chi connectivity index (χ3v) is 5.83. The minimum Gasteiger partial charge on any atom is -0.303 e. The highest BCUT2D eigenvalue weighted by molar-refractivity contribution is 7.71. The molecule has 3 heterocycles. The predicted octanol–water partition coefficient (Wildman–Crippen LogP) is 3.44. The van der Waals surface area contributed by atoms with E-state index >= 15 is 0 Å². The Morgan fingerprint density at radius 1 is 0.964 bits per heavy atom. The Labute approximate surface area is 175 Å². The van der Waals surface area contributed by atoms with Crippen LogP contribution in [0.1, 0.15) is 5.56 Å². The van der Waals surface area contributed by atoms with Crippen molar-refractivity contribution in [2.24, 2.45) is 7.05 Å². The summed E-state index contributed by atoms with van der Waals surface area (Å²) in [7, 11) is 1.96. The number of aromatic nitrogens is 4. The van der Waals surface area contributed by atoms with Gasteiger partial charge in [-0.15, -0.1) is 0 Å². The van der Waals surface area contributed by atoms with Crippen molar-refractivity contribution in [3.8, 4) is 11.4 Å². The van der Waals surface area contributed by atoms with Gasteiger partial charge in [-0.3, -0.25) is 14.8 Å². The standard InChI is InChI=1S/C20H23ClN6S/c1-24-19(17-6-8-22-9-7-17)23-27(20(24)28)15-26-12-10-25(11-13-26)14-16-2-4-18(21)5-3-16/h2-9H,10-15H2,1H3. The van der Waals surface area contributed by atoms with Gasteiger partial charge in [0.2, 0.25) is 0 Å². The molecule has 1 aliphatic rings. The van der Waals surface area contributed by atoms with Gasteiger partial charge < -0.3 is 4.57 Å². The Morgan fingerprint density at radius 2 is 1.61 bits per heavy atom. The van der Waals surface area contributed by atoms with Crippen LogP contribution in [-0.4, -0.2) is 55.3 Å². The number of rotatable bonds is 5. The van der Waals surface area contributed by atoms with Crippen LogP contribution in [0.15, 0.2) is 48.8 Å². The lowest BCUT2D eigenvalue weighted by atomic mass is 10.2. The minimum absolute atomic E-state index is 0.715. The van der Waals surface area contributed by atoms with E-state index in [0.717, 1.165) is 53.9 Å². The first-order chi connectivity index (χ1) is 13.6. The number of halogens is 1. The molecule has 2 aromatic heterocycles. The summed E-state index contributed by atoms with van der Waals surface area (Å²) >= 11 is 11.6. The Morgan fingerprint density at radius 3 is 2.29 bits per heavy atom. The molecule has 0 amide bonds. The van der Waals surface area contributed by atoms with Gasteiger partial charge in [0.25, 0.3) is 0 Å². The largest absolute Gasteiger partial charge is 0.303 e. The van der Waals surface area contributed by atoms with Gasteiger partial charge in [0.1, 0.15) is 0 Å². The average molecular weight is 415 g/mol. The lowest BCUT2D eigenvalue weighted by Gasteiger charge is -2.34. The summed E-state index contributed by atoms with van der Waals surface area (Å²) in [5.41, 5.74) is 2.32. The van der Waals surface area contributed by atoms with E-state index in [1.807, 2.05) is 40.6 Å². The molecule has 0 spiro atoms. The van der Waals surface area contributed by atoms with E-state index in [-0.39, 0.29) is 0 Å². The zero-order valence-electron chi connectivity index (χ0n) is 15.8. The maximum Gasteiger partial charge on any atom is 0.199 e. The number of benzene rings is 1. The second-order valence-electron chi connectivity index (χ2n) is 7.06. The number of hydrogen-bond acceptors (Lipinski definition) is 5. The molecule has 1 aliphatic heterocycles. The van der Waals surface area contributed by atoms with Gasteiger partial charge in [-0.1, -0.05) is 23.7 Å². The van der Waals surface area contributed by atoms with Crippen molar-refractivity contribution < 1.29 is 0 Å². The molecule has 0 unspecified atom stereocenters. The fraction of sp³-hybridized carbons (Fsp3) is 0.350. The number of piperazine rings is 1. The van der Waals surface area contributed by atoms with Crippen molar-refractivity contribution in [3.05, 3.63) is 64.1 Å². The van der Waals surface area contributed by atoms with Crippen LogP contribution in [0.25, 0.3) is 11.4 Å². The van der Waals surface area contributed by atoms with Crippen molar-refractivity contribution in [1.82, 2.24) is 29.1 Å². The molecule has 1 aromatic carbocycles. The minimum atomic E-state index is 0.715. The molecule has 28 heavy (non-hydrogen) atoms. The van der Waals surface area contributed by atoms with Crippen molar-refractivity contribution in [2.45, 2.75) is 13.2 Å². The van der Waals surface area contributed by atoms with Crippen LogP contribution in [0.2, 0.25) is 5.02 Å². The molecule has 0 N–H and O–H groups in total. The highest BCUT2D eigenvalue weighted by Gasteiger charge is 2.19. The normalized spacial score (nSPS) is 15.8. The van der Waals surface area contributed by atoms with Gasteiger partial charge in [0.05, 0.1) is 6.67 Å². The Hall–Kier alpha value is -2.06. The highest BCUT2D eigenvalue weighted by atomic mass is 35.5. The first-order valence-corrected chi connectivity index (χ1v) is 10.1. The van der Waals surface area contributed by atoms with Crippen LogP contribution < -0.4 is 0 Å². The van der Waals surface area contributed by atoms with Crippen LogP contribution in [0, 0.1) is 4.77 Å². The third-order valence-electron chi connectivity index (χ3n) is 5.10. The van der Waals surface area contributed by atoms with Gasteiger partial charge in [-0.05, 0) is 42.0 Å². The van der Waals surface area contributed by atoms with E-state index in [1.54, 1.807) is 12.4 Å². The molecule has 0 aliphatic carbocycles. The summed E-state index contributed by atoms with van der Waals surface area (Å²) in [5, 5.41) is 5.53. The molecule has 4 rings (SSSR count). The van der Waals surface area contributed by atoms with E-state index in [9.17, 15) is 0 Å². The van der Waals surface area contributed by atoms with Crippen LogP contribution in [0.4, 0.5) is 0 Å². The molecule has 146 valence electrons. The van der Waals surface area contributed by atoms with E-state index in [2.05, 4.69) is 26.9 Å². The summed E-state index contributed by atoms with van der Waals surface area (Å²) in [6, 6.07) is 12.0. The maximum absolute atomic E-state index is 5.97. The SMILES string of the molecule is Cn1c(-c2ccncc2)nn(CN2CCN(Cc3ccc(Cl)cc3)CC2)c1=S. The zero-order chi connectivity index (χ0) is 19.5. The molecular weight excluding hydrogens is 392 g/mol. The summed E-state index contributed by atoms with van der Waals surface area (Å²) < 4.78 is 4.61. The summed E-state index contributed by atoms with van der Waals surface area (Å²) in [6.07, 6.45) is 3.55. The number of pyridine rings is 1.